The van der Waals surface area contributed by atoms with Crippen LogP contribution in [0.4, 0.5) is 11.6 Å². The predicted molar refractivity (Wildman–Crippen MR) is 120 cm³/mol. The van der Waals surface area contributed by atoms with Gasteiger partial charge >= 0.3 is 0 Å². The Balaban J connectivity index is 1.22. The Bertz CT molecular complexity index is 1020. The average Bonchev–Trinajstić information content (AvgIpc) is 3.32. The van der Waals surface area contributed by atoms with Crippen molar-refractivity contribution in [3.63, 3.8) is 0 Å². The van der Waals surface area contributed by atoms with Crippen molar-refractivity contribution >= 4 is 63.2 Å². The molecule has 0 bridgehead atoms. The van der Waals surface area contributed by atoms with Gasteiger partial charge in [0, 0.05) is 9.37 Å². The van der Waals surface area contributed by atoms with E-state index in [0.29, 0.717) is 11.1 Å². The molecule has 1 aromatic heterocycles. The van der Waals surface area contributed by atoms with Crippen LogP contribution in [-0.2, 0) is 4.79 Å². The quantitative estimate of drug-likeness (QED) is 0.227. The largest absolute Gasteiger partial charge is 0.356 e. The van der Waals surface area contributed by atoms with Crippen molar-refractivity contribution in [2.24, 2.45) is 5.10 Å². The normalized spacial score (nSPS) is 15.1. The summed E-state index contributed by atoms with van der Waals surface area (Å²) >= 11 is 6.24. The lowest BCUT2D eigenvalue weighted by Gasteiger charge is -2.12. The number of amides is 1. The third-order valence-electron chi connectivity index (χ3n) is 3.74. The number of aromatic nitrogens is 3. The van der Waals surface area contributed by atoms with E-state index in [4.69, 9.17) is 0 Å². The summed E-state index contributed by atoms with van der Waals surface area (Å²) in [6.07, 6.45) is 1.68. The van der Waals surface area contributed by atoms with E-state index >= 15 is 0 Å². The number of carbonyl (C=O) groups is 1. The van der Waals surface area contributed by atoms with E-state index < -0.39 is 0 Å². The number of carbonyl (C=O) groups excluding carboxylic acids is 1. The number of benzene rings is 2. The number of anilines is 2. The highest BCUT2D eigenvalue weighted by Gasteiger charge is 2.22. The van der Waals surface area contributed by atoms with E-state index in [1.807, 2.05) is 48.5 Å². The second-order valence-electron chi connectivity index (χ2n) is 5.89. The van der Waals surface area contributed by atoms with Gasteiger partial charge in [0.05, 0.1) is 17.7 Å². The van der Waals surface area contributed by atoms with Crippen LogP contribution in [0, 0.1) is 0 Å². The van der Waals surface area contributed by atoms with Gasteiger partial charge < -0.3 is 10.6 Å². The zero-order valence-corrected chi connectivity index (χ0v) is 18.1. The van der Waals surface area contributed by atoms with Crippen LogP contribution in [0.2, 0.25) is 0 Å². The van der Waals surface area contributed by atoms with Crippen LogP contribution in [0.3, 0.4) is 0 Å². The summed E-state index contributed by atoms with van der Waals surface area (Å²) in [5.41, 5.74) is 4.59. The number of rotatable bonds is 7. The van der Waals surface area contributed by atoms with Gasteiger partial charge in [0.1, 0.15) is 0 Å². The molecular formula is C18H16BrN7OS2. The van der Waals surface area contributed by atoms with Crippen molar-refractivity contribution in [1.29, 1.82) is 0 Å². The minimum Gasteiger partial charge on any atom is -0.356 e. The molecular weight excluding hydrogens is 474 g/mol. The molecule has 0 spiro atoms. The van der Waals surface area contributed by atoms with E-state index in [-0.39, 0.29) is 17.2 Å². The molecule has 0 radical (unpaired) electrons. The first-order valence-electron chi connectivity index (χ1n) is 8.57. The van der Waals surface area contributed by atoms with Gasteiger partial charge in [-0.15, -0.1) is 5.10 Å². The summed E-state index contributed by atoms with van der Waals surface area (Å²) in [5.74, 6) is 0.524. The molecule has 3 aromatic rings. The number of thioether (sulfide) groups is 2. The fraction of sp³-hybridized carbons (Fsp3) is 0.111. The van der Waals surface area contributed by atoms with Gasteiger partial charge in [-0.3, -0.25) is 4.79 Å². The number of hydrazone groups is 1. The minimum atomic E-state index is -0.169. The molecule has 0 fully saturated rings. The third-order valence-corrected chi connectivity index (χ3v) is 6.16. The number of halogens is 1. The molecule has 8 nitrogen and oxygen atoms in total. The second-order valence-corrected chi connectivity index (χ2v) is 8.89. The van der Waals surface area contributed by atoms with Gasteiger partial charge in [-0.25, -0.2) is 10.5 Å². The molecule has 1 amide bonds. The van der Waals surface area contributed by atoms with E-state index in [9.17, 15) is 4.79 Å². The van der Waals surface area contributed by atoms with Crippen molar-refractivity contribution < 1.29 is 4.79 Å². The highest BCUT2D eigenvalue weighted by molar-refractivity contribution is 9.10. The van der Waals surface area contributed by atoms with Crippen LogP contribution in [0.25, 0.3) is 0 Å². The Morgan fingerprint density at radius 2 is 2.21 bits per heavy atom. The summed E-state index contributed by atoms with van der Waals surface area (Å²) in [4.78, 5) is 17.6. The average molecular weight is 490 g/mol. The zero-order chi connectivity index (χ0) is 20.1. The van der Waals surface area contributed by atoms with Gasteiger partial charge in [-0.1, -0.05) is 63.7 Å². The Kier molecular flexibility index (Phi) is 6.37. The SMILES string of the molecule is O=C(CSc1n[nH]c(N/N=C\c2cccc(Br)c2)n1)N[C@H]1Nc2ccccc2S1. The number of nitrogens with zero attached hydrogens (tertiary/aromatic N) is 3. The first kappa shape index (κ1) is 19.8. The highest BCUT2D eigenvalue weighted by Crippen LogP contribution is 2.36. The van der Waals surface area contributed by atoms with E-state index in [1.165, 1.54) is 11.8 Å². The summed E-state index contributed by atoms with van der Waals surface area (Å²) in [6, 6.07) is 15.7. The number of para-hydroxylation sites is 1. The van der Waals surface area contributed by atoms with E-state index in [2.05, 4.69) is 52.3 Å². The maximum atomic E-state index is 12.2. The molecule has 0 saturated heterocycles. The molecule has 4 rings (SSSR count). The molecule has 0 aliphatic carbocycles. The van der Waals surface area contributed by atoms with Crippen LogP contribution >= 0.6 is 39.5 Å². The number of nitrogens with one attached hydrogen (secondary N) is 4. The molecule has 1 atom stereocenters. The summed E-state index contributed by atoms with van der Waals surface area (Å²) in [6.45, 7) is 0. The van der Waals surface area contributed by atoms with Crippen molar-refractivity contribution in [1.82, 2.24) is 20.5 Å². The van der Waals surface area contributed by atoms with Crippen molar-refractivity contribution in [2.45, 2.75) is 15.5 Å². The predicted octanol–water partition coefficient (Wildman–Crippen LogP) is 3.72. The molecule has 148 valence electrons. The first-order chi connectivity index (χ1) is 14.2. The van der Waals surface area contributed by atoms with E-state index in [1.54, 1.807) is 18.0 Å². The maximum Gasteiger partial charge on any atom is 0.240 e. The van der Waals surface area contributed by atoms with Crippen molar-refractivity contribution in [3.05, 3.63) is 58.6 Å². The second kappa shape index (κ2) is 9.33. The number of H-pyrrole nitrogens is 1. The van der Waals surface area contributed by atoms with Crippen molar-refractivity contribution in [2.75, 3.05) is 16.5 Å². The molecule has 1 aliphatic heterocycles. The smallest absolute Gasteiger partial charge is 0.240 e. The van der Waals surface area contributed by atoms with Gasteiger partial charge in [0.2, 0.25) is 17.0 Å². The Morgan fingerprint density at radius 1 is 1.31 bits per heavy atom. The number of hydrogen-bond acceptors (Lipinski definition) is 8. The zero-order valence-electron chi connectivity index (χ0n) is 14.9. The molecule has 1 aliphatic rings. The lowest BCUT2D eigenvalue weighted by atomic mass is 10.2. The molecule has 0 unspecified atom stereocenters. The summed E-state index contributed by atoms with van der Waals surface area (Å²) < 4.78 is 0.980. The summed E-state index contributed by atoms with van der Waals surface area (Å²) in [7, 11) is 0. The highest BCUT2D eigenvalue weighted by atomic mass is 79.9. The lowest BCUT2D eigenvalue weighted by molar-refractivity contribution is -0.118. The van der Waals surface area contributed by atoms with Crippen LogP contribution < -0.4 is 16.1 Å². The fourth-order valence-corrected chi connectivity index (χ4v) is 4.55. The number of hydrogen-bond donors (Lipinski definition) is 4. The molecule has 11 heteroatoms. The Hall–Kier alpha value is -2.50. The summed E-state index contributed by atoms with van der Waals surface area (Å²) in [5, 5.41) is 17.6. The lowest BCUT2D eigenvalue weighted by Crippen LogP contribution is -2.36. The monoisotopic (exact) mass is 489 g/mol. The van der Waals surface area contributed by atoms with E-state index in [0.717, 1.165) is 20.6 Å². The molecule has 29 heavy (non-hydrogen) atoms. The van der Waals surface area contributed by atoms with Crippen molar-refractivity contribution in [3.8, 4) is 0 Å². The van der Waals surface area contributed by atoms with Crippen LogP contribution in [0.15, 0.2) is 68.2 Å². The minimum absolute atomic E-state index is 0.0974. The molecule has 2 heterocycles. The van der Waals surface area contributed by atoms with Gasteiger partial charge in [0.25, 0.3) is 0 Å². The van der Waals surface area contributed by atoms with Gasteiger partial charge in [0.15, 0.2) is 5.50 Å². The molecule has 2 aromatic carbocycles. The molecule has 4 N–H and O–H groups in total. The van der Waals surface area contributed by atoms with Gasteiger partial charge in [-0.05, 0) is 29.8 Å². The third kappa shape index (κ3) is 5.52. The first-order valence-corrected chi connectivity index (χ1v) is 11.2. The van der Waals surface area contributed by atoms with Gasteiger partial charge in [-0.2, -0.15) is 10.1 Å². The Labute approximate surface area is 183 Å². The molecule has 0 saturated carbocycles. The topological polar surface area (TPSA) is 107 Å². The standard InChI is InChI=1S/C18H16BrN7OS2/c19-12-5-3-4-11(8-12)9-20-24-16-23-18(26-25-16)28-10-15(27)22-17-21-13-6-1-2-7-14(13)29-17/h1-9,17,21H,10H2,(H,22,27)(H2,23,24,25,26)/b20-9-/t17-/m1/s1. The van der Waals surface area contributed by atoms with Crippen LogP contribution in [0.1, 0.15) is 5.56 Å². The number of fused-ring (bicyclic) bond motifs is 1. The van der Waals surface area contributed by atoms with Crippen LogP contribution in [0.5, 0.6) is 0 Å². The number of aromatic amines is 1. The fourth-order valence-electron chi connectivity index (χ4n) is 2.49. The Morgan fingerprint density at radius 3 is 3.07 bits per heavy atom. The van der Waals surface area contributed by atoms with Crippen LogP contribution in [-0.4, -0.2) is 38.6 Å². The maximum absolute atomic E-state index is 12.2.